The highest BCUT2D eigenvalue weighted by Gasteiger charge is 2.34. The molecule has 0 heterocycles. The molecule has 2 aromatic rings. The van der Waals surface area contributed by atoms with E-state index < -0.39 is 0 Å². The van der Waals surface area contributed by atoms with Gasteiger partial charge in [-0.05, 0) is 91.2 Å². The van der Waals surface area contributed by atoms with Crippen molar-refractivity contribution in [2.45, 2.75) is 155 Å². The Labute approximate surface area is 234 Å². The summed E-state index contributed by atoms with van der Waals surface area (Å²) in [6.45, 7) is 11.7. The lowest BCUT2D eigenvalue weighted by Crippen LogP contribution is -2.25. The third-order valence-corrected chi connectivity index (χ3v) is 9.25. The first kappa shape index (κ1) is 32.1. The largest absolute Gasteiger partial charge is 0.122 e. The van der Waals surface area contributed by atoms with Gasteiger partial charge in [0.15, 0.2) is 0 Å². The summed E-state index contributed by atoms with van der Waals surface area (Å²) < 4.78 is 0. The smallest absolute Gasteiger partial charge is 0.0350 e. The minimum atomic E-state index is 0.00279. The first-order valence-electron chi connectivity index (χ1n) is 16.1. The van der Waals surface area contributed by atoms with E-state index in [0.717, 1.165) is 0 Å². The van der Waals surface area contributed by atoms with Gasteiger partial charge >= 0.3 is 0 Å². The Hall–Kier alpha value is -1.13. The minimum Gasteiger partial charge on any atom is -0.122 e. The summed E-state index contributed by atoms with van der Waals surface area (Å²) >= 11 is 0. The standard InChI is InChI=1S/C36H59P/c1-6-11-16-17-18-29-36(37,34-27-19-23-30(21-12-7-2)32(34)25-14-9-4)35-28-20-24-31(22-13-8-3)33(35)26-15-10-5/h19-20,23-24,27-28H,6-18,21-22,25-26,29,37H2,1-5H3. The predicted octanol–water partition coefficient (Wildman–Crippen LogP) is 11.5. The van der Waals surface area contributed by atoms with Crippen LogP contribution in [0.2, 0.25) is 0 Å². The Morgan fingerprint density at radius 2 is 0.892 bits per heavy atom. The molecule has 208 valence electrons. The second-order valence-electron chi connectivity index (χ2n) is 11.4. The van der Waals surface area contributed by atoms with Crippen molar-refractivity contribution in [2.24, 2.45) is 0 Å². The maximum absolute atomic E-state index is 3.48. The van der Waals surface area contributed by atoms with Crippen LogP contribution in [-0.4, -0.2) is 0 Å². The van der Waals surface area contributed by atoms with E-state index in [1.54, 1.807) is 33.4 Å². The van der Waals surface area contributed by atoms with E-state index in [4.69, 9.17) is 0 Å². The highest BCUT2D eigenvalue weighted by atomic mass is 31.0. The van der Waals surface area contributed by atoms with Crippen LogP contribution in [0.4, 0.5) is 0 Å². The second kappa shape index (κ2) is 18.2. The number of rotatable bonds is 20. The highest BCUT2D eigenvalue weighted by Crippen LogP contribution is 2.48. The van der Waals surface area contributed by atoms with Crippen LogP contribution in [0.25, 0.3) is 0 Å². The van der Waals surface area contributed by atoms with Gasteiger partial charge < -0.3 is 0 Å². The maximum atomic E-state index is 3.48. The topological polar surface area (TPSA) is 0 Å². The minimum absolute atomic E-state index is 0.00279. The van der Waals surface area contributed by atoms with E-state index in [-0.39, 0.29) is 5.16 Å². The molecule has 0 spiro atoms. The fourth-order valence-electron chi connectivity index (χ4n) is 6.03. The van der Waals surface area contributed by atoms with Crippen LogP contribution in [0.3, 0.4) is 0 Å². The summed E-state index contributed by atoms with van der Waals surface area (Å²) in [5, 5.41) is 0.00279. The van der Waals surface area contributed by atoms with E-state index in [9.17, 15) is 0 Å². The molecular formula is C36H59P. The SMILES string of the molecule is CCCCCCCC(P)(c1cccc(CCCC)c1CCCC)c1cccc(CCCC)c1CCCC. The second-order valence-corrected chi connectivity index (χ2v) is 12.4. The van der Waals surface area contributed by atoms with Crippen LogP contribution in [0.15, 0.2) is 36.4 Å². The van der Waals surface area contributed by atoms with Crippen molar-refractivity contribution in [3.05, 3.63) is 69.8 Å². The number of benzene rings is 2. The lowest BCUT2D eigenvalue weighted by atomic mass is 9.76. The van der Waals surface area contributed by atoms with Gasteiger partial charge in [-0.3, -0.25) is 0 Å². The quantitative estimate of drug-likeness (QED) is 0.120. The van der Waals surface area contributed by atoms with Crippen molar-refractivity contribution in [1.29, 1.82) is 0 Å². The van der Waals surface area contributed by atoms with Crippen LogP contribution in [0.1, 0.15) is 158 Å². The molecule has 0 nitrogen and oxygen atoms in total. The summed E-state index contributed by atoms with van der Waals surface area (Å²) in [7, 11) is 3.48. The normalized spacial score (nSPS) is 11.8. The summed E-state index contributed by atoms with van der Waals surface area (Å²) in [5.74, 6) is 0. The average Bonchev–Trinajstić information content (AvgIpc) is 2.92. The number of hydrogen-bond donors (Lipinski definition) is 0. The molecule has 0 bridgehead atoms. The Bertz CT molecular complexity index is 817. The molecule has 1 heteroatoms. The lowest BCUT2D eigenvalue weighted by Gasteiger charge is -2.36. The Balaban J connectivity index is 2.68. The fourth-order valence-corrected chi connectivity index (χ4v) is 6.77. The molecule has 0 aliphatic carbocycles. The van der Waals surface area contributed by atoms with Gasteiger partial charge in [-0.25, -0.2) is 0 Å². The van der Waals surface area contributed by atoms with Gasteiger partial charge in [0.1, 0.15) is 0 Å². The molecule has 1 atom stereocenters. The number of aryl methyl sites for hydroxylation is 2. The Morgan fingerprint density at radius 1 is 0.486 bits per heavy atom. The van der Waals surface area contributed by atoms with Crippen LogP contribution in [-0.2, 0) is 30.8 Å². The fraction of sp³-hybridized carbons (Fsp3) is 0.667. The van der Waals surface area contributed by atoms with Crippen molar-refractivity contribution in [3.8, 4) is 0 Å². The van der Waals surface area contributed by atoms with Crippen molar-refractivity contribution in [3.63, 3.8) is 0 Å². The monoisotopic (exact) mass is 522 g/mol. The van der Waals surface area contributed by atoms with E-state index in [2.05, 4.69) is 80.3 Å². The van der Waals surface area contributed by atoms with E-state index in [1.807, 2.05) is 0 Å². The number of unbranched alkanes of at least 4 members (excludes halogenated alkanes) is 8. The van der Waals surface area contributed by atoms with Crippen LogP contribution in [0, 0.1) is 0 Å². The van der Waals surface area contributed by atoms with Crippen LogP contribution >= 0.6 is 9.24 Å². The molecule has 37 heavy (non-hydrogen) atoms. The molecule has 0 fully saturated rings. The molecule has 0 saturated carbocycles. The van der Waals surface area contributed by atoms with E-state index in [0.29, 0.717) is 0 Å². The van der Waals surface area contributed by atoms with Crippen molar-refractivity contribution < 1.29 is 0 Å². The molecule has 0 radical (unpaired) electrons. The van der Waals surface area contributed by atoms with Gasteiger partial charge in [-0.2, -0.15) is 0 Å². The maximum Gasteiger partial charge on any atom is 0.0350 e. The molecule has 0 amide bonds. The number of hydrogen-bond acceptors (Lipinski definition) is 0. The first-order valence-corrected chi connectivity index (χ1v) is 16.7. The molecule has 0 aliphatic rings. The molecule has 0 saturated heterocycles. The highest BCUT2D eigenvalue weighted by molar-refractivity contribution is 7.19. The molecule has 1 unspecified atom stereocenters. The summed E-state index contributed by atoms with van der Waals surface area (Å²) in [4.78, 5) is 0. The van der Waals surface area contributed by atoms with Gasteiger partial charge in [-0.15, -0.1) is 9.24 Å². The van der Waals surface area contributed by atoms with Crippen molar-refractivity contribution in [1.82, 2.24) is 0 Å². The molecule has 0 aliphatic heterocycles. The summed E-state index contributed by atoms with van der Waals surface area (Å²) in [6, 6.07) is 14.6. The van der Waals surface area contributed by atoms with Gasteiger partial charge in [-0.1, -0.05) is 129 Å². The van der Waals surface area contributed by atoms with E-state index in [1.165, 1.54) is 116 Å². The van der Waals surface area contributed by atoms with Gasteiger partial charge in [0.2, 0.25) is 0 Å². The average molecular weight is 523 g/mol. The van der Waals surface area contributed by atoms with E-state index >= 15 is 0 Å². The zero-order valence-corrected chi connectivity index (χ0v) is 26.4. The Kier molecular flexibility index (Phi) is 15.8. The lowest BCUT2D eigenvalue weighted by molar-refractivity contribution is 0.549. The molecular weight excluding hydrogens is 463 g/mol. The van der Waals surface area contributed by atoms with Gasteiger partial charge in [0, 0.05) is 5.16 Å². The molecule has 0 aromatic heterocycles. The summed E-state index contributed by atoms with van der Waals surface area (Å²) in [5.41, 5.74) is 9.79. The third-order valence-electron chi connectivity index (χ3n) is 8.34. The molecule has 2 aromatic carbocycles. The third kappa shape index (κ3) is 9.53. The zero-order valence-electron chi connectivity index (χ0n) is 25.3. The Morgan fingerprint density at radius 3 is 1.32 bits per heavy atom. The zero-order chi connectivity index (χ0) is 26.9. The molecule has 2 rings (SSSR count). The molecule has 0 N–H and O–H groups in total. The van der Waals surface area contributed by atoms with Gasteiger partial charge in [0.25, 0.3) is 0 Å². The van der Waals surface area contributed by atoms with Crippen LogP contribution < -0.4 is 0 Å². The van der Waals surface area contributed by atoms with Crippen molar-refractivity contribution in [2.75, 3.05) is 0 Å². The van der Waals surface area contributed by atoms with Gasteiger partial charge in [0.05, 0.1) is 0 Å². The van der Waals surface area contributed by atoms with Crippen LogP contribution in [0.5, 0.6) is 0 Å². The predicted molar refractivity (Wildman–Crippen MR) is 171 cm³/mol. The van der Waals surface area contributed by atoms with Crippen molar-refractivity contribution >= 4 is 9.24 Å². The summed E-state index contributed by atoms with van der Waals surface area (Å²) in [6.07, 6.45) is 23.0. The first-order chi connectivity index (χ1) is 18.1.